The number of nitrogens with zero attached hydrogens (tertiary/aromatic N) is 2. The Balaban J connectivity index is 1.57. The lowest BCUT2D eigenvalue weighted by Crippen LogP contribution is -2.36. The number of benzene rings is 3. The van der Waals surface area contributed by atoms with Gasteiger partial charge < -0.3 is 19.5 Å². The van der Waals surface area contributed by atoms with Crippen molar-refractivity contribution in [2.24, 2.45) is 0 Å². The molecule has 3 aromatic rings. The number of ether oxygens (including phenoxy) is 3. The van der Waals surface area contributed by atoms with Crippen molar-refractivity contribution >= 4 is 58.3 Å². The first-order chi connectivity index (χ1) is 21.5. The number of anilines is 1. The second kappa shape index (κ2) is 14.5. The van der Waals surface area contributed by atoms with E-state index in [4.69, 9.17) is 49.6 Å². The van der Waals surface area contributed by atoms with Crippen LogP contribution < -0.4 is 10.1 Å². The van der Waals surface area contributed by atoms with Gasteiger partial charge in [0.05, 0.1) is 15.7 Å². The number of thiocarbonyl (C=S) groups is 1. The first-order valence-corrected chi connectivity index (χ1v) is 16.2. The molecule has 1 heterocycles. The van der Waals surface area contributed by atoms with E-state index in [1.165, 1.54) is 0 Å². The molecule has 1 atom stereocenters. The summed E-state index contributed by atoms with van der Waals surface area (Å²) in [5.74, 6) is 0.705. The van der Waals surface area contributed by atoms with Crippen LogP contribution in [0.4, 0.5) is 15.3 Å². The molecule has 11 heteroatoms. The van der Waals surface area contributed by atoms with Gasteiger partial charge in [-0.25, -0.2) is 9.59 Å². The fourth-order valence-corrected chi connectivity index (χ4v) is 5.20. The third-order valence-corrected chi connectivity index (χ3v) is 7.92. The van der Waals surface area contributed by atoms with Crippen molar-refractivity contribution in [1.29, 1.82) is 0 Å². The van der Waals surface area contributed by atoms with Gasteiger partial charge in [-0.3, -0.25) is 9.80 Å². The van der Waals surface area contributed by atoms with E-state index in [0.717, 1.165) is 27.9 Å². The van der Waals surface area contributed by atoms with Gasteiger partial charge in [0, 0.05) is 26.2 Å². The van der Waals surface area contributed by atoms with Gasteiger partial charge in [0.2, 0.25) is 0 Å². The third-order valence-electron chi connectivity index (χ3n) is 6.75. The van der Waals surface area contributed by atoms with Crippen LogP contribution in [0.5, 0.6) is 5.75 Å². The maximum Gasteiger partial charge on any atom is 0.410 e. The Morgan fingerprint density at radius 3 is 1.74 bits per heavy atom. The van der Waals surface area contributed by atoms with Crippen molar-refractivity contribution in [1.82, 2.24) is 9.80 Å². The SMILES string of the molecule is CC1Oc2ccc(CN(Cc3cccc(CN(Cc4ccc(Cl)c(Cl)c4)C(=O)OC(C)(C)C)c3)C(=O)OC(C)(C)C)cc2NC1=S. The van der Waals surface area contributed by atoms with Gasteiger partial charge in [0.15, 0.2) is 0 Å². The first-order valence-electron chi connectivity index (χ1n) is 15.0. The number of halogens is 2. The number of rotatable bonds is 8. The molecule has 1 unspecified atom stereocenters. The standard InChI is InChI=1S/C35H41Cl2N3O5S/c1-22-31(46)38-29-17-26(12-14-30(29)43-22)21-40(33(42)45-35(5,6)7)19-24-10-8-9-23(15-24)18-39(32(41)44-34(2,3)4)20-25-11-13-27(36)28(37)16-25/h8-17,22H,18-21H2,1-7H3,(H,38,46). The Labute approximate surface area is 286 Å². The second-order valence-corrected chi connectivity index (χ2v) is 14.6. The van der Waals surface area contributed by atoms with E-state index in [0.29, 0.717) is 20.8 Å². The molecule has 246 valence electrons. The largest absolute Gasteiger partial charge is 0.481 e. The molecular weight excluding hydrogens is 645 g/mol. The molecule has 1 aliphatic rings. The number of amides is 2. The van der Waals surface area contributed by atoms with Gasteiger partial charge in [-0.1, -0.05) is 71.8 Å². The van der Waals surface area contributed by atoms with Crippen molar-refractivity contribution in [2.45, 2.75) is 92.0 Å². The number of hydrogen-bond donors (Lipinski definition) is 1. The summed E-state index contributed by atoms with van der Waals surface area (Å²) in [5, 5.41) is 4.08. The van der Waals surface area contributed by atoms with Crippen LogP contribution in [0.2, 0.25) is 10.0 Å². The average molecular weight is 687 g/mol. The number of carbonyl (C=O) groups is 2. The van der Waals surface area contributed by atoms with Gasteiger partial charge >= 0.3 is 12.2 Å². The number of carbonyl (C=O) groups excluding carboxylic acids is 2. The van der Waals surface area contributed by atoms with E-state index in [-0.39, 0.29) is 32.3 Å². The van der Waals surface area contributed by atoms with Crippen LogP contribution >= 0.6 is 35.4 Å². The molecule has 1 aliphatic heterocycles. The zero-order chi connectivity index (χ0) is 33.8. The van der Waals surface area contributed by atoms with Crippen LogP contribution in [-0.2, 0) is 35.7 Å². The summed E-state index contributed by atoms with van der Waals surface area (Å²) < 4.78 is 17.4. The molecule has 4 rings (SSSR count). The lowest BCUT2D eigenvalue weighted by molar-refractivity contribution is 0.0210. The van der Waals surface area contributed by atoms with E-state index < -0.39 is 23.4 Å². The van der Waals surface area contributed by atoms with Crippen LogP contribution in [0.1, 0.15) is 70.7 Å². The smallest absolute Gasteiger partial charge is 0.410 e. The lowest BCUT2D eigenvalue weighted by Gasteiger charge is -2.29. The van der Waals surface area contributed by atoms with Gasteiger partial charge in [-0.15, -0.1) is 0 Å². The van der Waals surface area contributed by atoms with Gasteiger partial charge in [0.25, 0.3) is 0 Å². The monoisotopic (exact) mass is 685 g/mol. The maximum absolute atomic E-state index is 13.4. The average Bonchev–Trinajstić information content (AvgIpc) is 2.93. The summed E-state index contributed by atoms with van der Waals surface area (Å²) in [6, 6.07) is 18.8. The Kier molecular flexibility index (Phi) is 11.1. The molecule has 0 saturated carbocycles. The normalized spacial score (nSPS) is 14.5. The molecule has 0 bridgehead atoms. The minimum absolute atomic E-state index is 0.214. The van der Waals surface area contributed by atoms with E-state index in [1.54, 1.807) is 21.9 Å². The molecule has 0 aliphatic carbocycles. The predicted octanol–water partition coefficient (Wildman–Crippen LogP) is 9.39. The summed E-state index contributed by atoms with van der Waals surface area (Å²) in [4.78, 5) is 30.6. The minimum Gasteiger partial charge on any atom is -0.481 e. The highest BCUT2D eigenvalue weighted by atomic mass is 35.5. The molecule has 0 spiro atoms. The highest BCUT2D eigenvalue weighted by Gasteiger charge is 2.26. The molecule has 3 aromatic carbocycles. The van der Waals surface area contributed by atoms with Crippen LogP contribution in [-0.4, -0.2) is 44.3 Å². The molecule has 0 saturated heterocycles. The Hall–Kier alpha value is -3.53. The lowest BCUT2D eigenvalue weighted by atomic mass is 10.1. The molecule has 1 N–H and O–H groups in total. The second-order valence-electron chi connectivity index (χ2n) is 13.3. The topological polar surface area (TPSA) is 80.3 Å². The molecule has 8 nitrogen and oxygen atoms in total. The number of hydrogen-bond acceptors (Lipinski definition) is 6. The third kappa shape index (κ3) is 10.2. The maximum atomic E-state index is 13.4. The van der Waals surface area contributed by atoms with Crippen LogP contribution in [0.25, 0.3) is 0 Å². The summed E-state index contributed by atoms with van der Waals surface area (Å²) in [6.07, 6.45) is -1.12. The summed E-state index contributed by atoms with van der Waals surface area (Å²) in [6.45, 7) is 14.0. The zero-order valence-corrected chi connectivity index (χ0v) is 29.6. The first kappa shape index (κ1) is 35.3. The number of fused-ring (bicyclic) bond motifs is 1. The van der Waals surface area contributed by atoms with E-state index in [2.05, 4.69) is 5.32 Å². The van der Waals surface area contributed by atoms with E-state index in [1.807, 2.05) is 97.0 Å². The van der Waals surface area contributed by atoms with Crippen LogP contribution in [0.3, 0.4) is 0 Å². The molecular formula is C35H41Cl2N3O5S. The molecule has 0 radical (unpaired) electrons. The van der Waals surface area contributed by atoms with E-state index >= 15 is 0 Å². The minimum atomic E-state index is -0.677. The van der Waals surface area contributed by atoms with Crippen molar-refractivity contribution < 1.29 is 23.8 Å². The summed E-state index contributed by atoms with van der Waals surface area (Å²) in [7, 11) is 0. The highest BCUT2D eigenvalue weighted by molar-refractivity contribution is 7.80. The van der Waals surface area contributed by atoms with Crippen LogP contribution in [0.15, 0.2) is 60.7 Å². The zero-order valence-electron chi connectivity index (χ0n) is 27.3. The summed E-state index contributed by atoms with van der Waals surface area (Å²) in [5.41, 5.74) is 2.84. The Morgan fingerprint density at radius 2 is 1.24 bits per heavy atom. The molecule has 46 heavy (non-hydrogen) atoms. The fraction of sp³-hybridized carbons (Fsp3) is 0.400. The Morgan fingerprint density at radius 1 is 0.761 bits per heavy atom. The predicted molar refractivity (Wildman–Crippen MR) is 187 cm³/mol. The van der Waals surface area contributed by atoms with Crippen molar-refractivity contribution in [3.63, 3.8) is 0 Å². The van der Waals surface area contributed by atoms with Crippen molar-refractivity contribution in [2.75, 3.05) is 5.32 Å². The summed E-state index contributed by atoms with van der Waals surface area (Å²) >= 11 is 17.8. The van der Waals surface area contributed by atoms with Gasteiger partial charge in [-0.2, -0.15) is 0 Å². The van der Waals surface area contributed by atoms with Gasteiger partial charge in [-0.05, 0) is 95.0 Å². The molecule has 0 aromatic heterocycles. The molecule has 0 fully saturated rings. The van der Waals surface area contributed by atoms with Crippen molar-refractivity contribution in [3.8, 4) is 5.75 Å². The van der Waals surface area contributed by atoms with Crippen LogP contribution in [0, 0.1) is 0 Å². The highest BCUT2D eigenvalue weighted by Crippen LogP contribution is 2.32. The fourth-order valence-electron chi connectivity index (χ4n) is 4.72. The number of nitrogens with one attached hydrogen (secondary N) is 1. The molecule has 2 amide bonds. The van der Waals surface area contributed by atoms with E-state index in [9.17, 15) is 9.59 Å². The van der Waals surface area contributed by atoms with Crippen molar-refractivity contribution in [3.05, 3.63) is 93.0 Å². The van der Waals surface area contributed by atoms with Gasteiger partial charge in [0.1, 0.15) is 28.0 Å². The quantitative estimate of drug-likeness (QED) is 0.237. The Bertz CT molecular complexity index is 1600.